The number of hydrogen-bond donors (Lipinski definition) is 2. The summed E-state index contributed by atoms with van der Waals surface area (Å²) in [5.74, 6) is 2.66. The molecule has 0 aromatic heterocycles. The molecule has 0 unspecified atom stereocenters. The Bertz CT molecular complexity index is 432. The molecule has 1 aromatic carbocycles. The molecule has 1 amide bonds. The fourth-order valence-corrected chi connectivity index (χ4v) is 3.26. The Balaban J connectivity index is 1.71. The monoisotopic (exact) mass is 318 g/mol. The SMILES string of the molecule is O=C(CCSCC1CNC1)Nc1c(Cl)cccc1Cl. The van der Waals surface area contributed by atoms with Crippen LogP contribution in [0, 0.1) is 5.92 Å². The first-order chi connectivity index (χ1) is 9.16. The number of carbonyl (C=O) groups is 1. The molecule has 1 aliphatic rings. The molecule has 0 spiro atoms. The second kappa shape index (κ2) is 7.39. The van der Waals surface area contributed by atoms with Crippen LogP contribution in [0.15, 0.2) is 18.2 Å². The maximum Gasteiger partial charge on any atom is 0.225 e. The molecule has 1 aliphatic heterocycles. The zero-order valence-electron chi connectivity index (χ0n) is 10.4. The number of nitrogens with one attached hydrogen (secondary N) is 2. The van der Waals surface area contributed by atoms with Gasteiger partial charge in [-0.25, -0.2) is 0 Å². The van der Waals surface area contributed by atoms with Crippen molar-refractivity contribution < 1.29 is 4.79 Å². The van der Waals surface area contributed by atoms with E-state index in [1.165, 1.54) is 0 Å². The Morgan fingerprint density at radius 1 is 1.37 bits per heavy atom. The molecule has 19 heavy (non-hydrogen) atoms. The number of thioether (sulfide) groups is 1. The van der Waals surface area contributed by atoms with Crippen LogP contribution in [0.25, 0.3) is 0 Å². The lowest BCUT2D eigenvalue weighted by Crippen LogP contribution is -2.43. The van der Waals surface area contributed by atoms with E-state index in [0.717, 1.165) is 30.5 Å². The number of benzene rings is 1. The molecule has 0 atom stereocenters. The van der Waals surface area contributed by atoms with Crippen molar-refractivity contribution in [1.82, 2.24) is 5.32 Å². The molecule has 0 radical (unpaired) electrons. The molecule has 2 N–H and O–H groups in total. The topological polar surface area (TPSA) is 41.1 Å². The van der Waals surface area contributed by atoms with Gasteiger partial charge in [0.15, 0.2) is 0 Å². The fourth-order valence-electron chi connectivity index (χ4n) is 1.70. The third-order valence-electron chi connectivity index (χ3n) is 2.92. The standard InChI is InChI=1S/C13H16Cl2N2OS/c14-10-2-1-3-11(15)13(10)17-12(18)4-5-19-8-9-6-16-7-9/h1-3,9,16H,4-8H2,(H,17,18). The smallest absolute Gasteiger partial charge is 0.225 e. The van der Waals surface area contributed by atoms with Crippen LogP contribution in [-0.2, 0) is 4.79 Å². The van der Waals surface area contributed by atoms with Crippen LogP contribution in [0.3, 0.4) is 0 Å². The van der Waals surface area contributed by atoms with E-state index >= 15 is 0 Å². The van der Waals surface area contributed by atoms with Crippen LogP contribution < -0.4 is 10.6 Å². The molecule has 6 heteroatoms. The minimum atomic E-state index is -0.0470. The van der Waals surface area contributed by atoms with E-state index in [4.69, 9.17) is 23.2 Å². The summed E-state index contributed by atoms with van der Waals surface area (Å²) in [4.78, 5) is 11.8. The van der Waals surface area contributed by atoms with Gasteiger partial charge in [-0.3, -0.25) is 4.79 Å². The van der Waals surface area contributed by atoms with Gasteiger partial charge in [-0.15, -0.1) is 0 Å². The van der Waals surface area contributed by atoms with Crippen molar-refractivity contribution in [2.24, 2.45) is 5.92 Å². The Labute approximate surface area is 127 Å². The van der Waals surface area contributed by atoms with Gasteiger partial charge in [-0.1, -0.05) is 29.3 Å². The van der Waals surface area contributed by atoms with Crippen molar-refractivity contribution >= 4 is 46.6 Å². The van der Waals surface area contributed by atoms with Crippen molar-refractivity contribution in [3.05, 3.63) is 28.2 Å². The average molecular weight is 319 g/mol. The Morgan fingerprint density at radius 2 is 2.05 bits per heavy atom. The van der Waals surface area contributed by atoms with Gasteiger partial charge in [0.1, 0.15) is 0 Å². The van der Waals surface area contributed by atoms with E-state index in [1.807, 2.05) is 11.8 Å². The van der Waals surface area contributed by atoms with Gasteiger partial charge < -0.3 is 10.6 Å². The first-order valence-electron chi connectivity index (χ1n) is 6.19. The van der Waals surface area contributed by atoms with Crippen LogP contribution in [0.5, 0.6) is 0 Å². The highest BCUT2D eigenvalue weighted by atomic mass is 35.5. The quantitative estimate of drug-likeness (QED) is 0.791. The van der Waals surface area contributed by atoms with Crippen LogP contribution in [-0.4, -0.2) is 30.5 Å². The first-order valence-corrected chi connectivity index (χ1v) is 8.10. The van der Waals surface area contributed by atoms with Crippen LogP contribution >= 0.6 is 35.0 Å². The summed E-state index contributed by atoms with van der Waals surface area (Å²) in [5.41, 5.74) is 0.504. The average Bonchev–Trinajstić information content (AvgIpc) is 2.31. The Hall–Kier alpha value is -0.420. The van der Waals surface area contributed by atoms with Gasteiger partial charge in [0.2, 0.25) is 5.91 Å². The number of anilines is 1. The summed E-state index contributed by atoms with van der Waals surface area (Å²) in [6, 6.07) is 5.17. The van der Waals surface area contributed by atoms with Gasteiger partial charge in [0.25, 0.3) is 0 Å². The second-order valence-corrected chi connectivity index (χ2v) is 6.46. The van der Waals surface area contributed by atoms with Crippen molar-refractivity contribution in [3.63, 3.8) is 0 Å². The van der Waals surface area contributed by atoms with E-state index in [-0.39, 0.29) is 5.91 Å². The molecule has 3 nitrogen and oxygen atoms in total. The summed E-state index contributed by atoms with van der Waals surface area (Å²) in [6.45, 7) is 2.21. The van der Waals surface area contributed by atoms with Crippen molar-refractivity contribution in [2.75, 3.05) is 29.9 Å². The van der Waals surface area contributed by atoms with Crippen molar-refractivity contribution in [2.45, 2.75) is 6.42 Å². The zero-order valence-corrected chi connectivity index (χ0v) is 12.7. The summed E-state index contributed by atoms with van der Waals surface area (Å²) < 4.78 is 0. The molecular formula is C13H16Cl2N2OS. The van der Waals surface area contributed by atoms with Gasteiger partial charge in [0, 0.05) is 12.2 Å². The lowest BCUT2D eigenvalue weighted by atomic mass is 10.1. The number of carbonyl (C=O) groups excluding carboxylic acids is 1. The number of hydrogen-bond acceptors (Lipinski definition) is 3. The van der Waals surface area contributed by atoms with Gasteiger partial charge in [0.05, 0.1) is 15.7 Å². The molecule has 0 aliphatic carbocycles. The van der Waals surface area contributed by atoms with E-state index in [9.17, 15) is 4.79 Å². The van der Waals surface area contributed by atoms with Gasteiger partial charge in [-0.05, 0) is 36.9 Å². The second-order valence-electron chi connectivity index (χ2n) is 4.49. The highest BCUT2D eigenvalue weighted by molar-refractivity contribution is 7.99. The molecule has 1 heterocycles. The van der Waals surface area contributed by atoms with Gasteiger partial charge >= 0.3 is 0 Å². The third-order valence-corrected chi connectivity index (χ3v) is 4.75. The normalized spacial score (nSPS) is 15.1. The van der Waals surface area contributed by atoms with Crippen molar-refractivity contribution in [3.8, 4) is 0 Å². The van der Waals surface area contributed by atoms with E-state index in [2.05, 4.69) is 10.6 Å². The predicted octanol–water partition coefficient (Wildman–Crippen LogP) is 3.27. The van der Waals surface area contributed by atoms with Crippen LogP contribution in [0.2, 0.25) is 10.0 Å². The van der Waals surface area contributed by atoms with E-state index < -0.39 is 0 Å². The maximum atomic E-state index is 11.8. The maximum absolute atomic E-state index is 11.8. The molecule has 1 saturated heterocycles. The van der Waals surface area contributed by atoms with E-state index in [1.54, 1.807) is 18.2 Å². The summed E-state index contributed by atoms with van der Waals surface area (Å²) >= 11 is 13.8. The summed E-state index contributed by atoms with van der Waals surface area (Å²) in [7, 11) is 0. The Kier molecular flexibility index (Phi) is 5.82. The minimum absolute atomic E-state index is 0.0470. The number of para-hydroxylation sites is 1. The van der Waals surface area contributed by atoms with E-state index in [0.29, 0.717) is 22.2 Å². The third kappa shape index (κ3) is 4.56. The van der Waals surface area contributed by atoms with Crippen LogP contribution in [0.1, 0.15) is 6.42 Å². The molecule has 2 rings (SSSR count). The number of amides is 1. The molecule has 1 aromatic rings. The van der Waals surface area contributed by atoms with Crippen molar-refractivity contribution in [1.29, 1.82) is 0 Å². The molecule has 104 valence electrons. The lowest BCUT2D eigenvalue weighted by Gasteiger charge is -2.26. The minimum Gasteiger partial charge on any atom is -0.324 e. The lowest BCUT2D eigenvalue weighted by molar-refractivity contribution is -0.115. The zero-order chi connectivity index (χ0) is 13.7. The molecule has 0 bridgehead atoms. The molecule has 1 fully saturated rings. The predicted molar refractivity (Wildman–Crippen MR) is 83.4 cm³/mol. The fraction of sp³-hybridized carbons (Fsp3) is 0.462. The summed E-state index contributed by atoms with van der Waals surface area (Å²) in [6.07, 6.45) is 0.479. The number of halogens is 2. The van der Waals surface area contributed by atoms with Gasteiger partial charge in [-0.2, -0.15) is 11.8 Å². The largest absolute Gasteiger partial charge is 0.324 e. The first kappa shape index (κ1) is 15.0. The highest BCUT2D eigenvalue weighted by Crippen LogP contribution is 2.29. The van der Waals surface area contributed by atoms with Crippen LogP contribution in [0.4, 0.5) is 5.69 Å². The molecule has 0 saturated carbocycles. The number of rotatable bonds is 6. The molecular weight excluding hydrogens is 303 g/mol. The highest BCUT2D eigenvalue weighted by Gasteiger charge is 2.16. The summed E-state index contributed by atoms with van der Waals surface area (Å²) in [5, 5.41) is 6.93. The Morgan fingerprint density at radius 3 is 2.63 bits per heavy atom.